The highest BCUT2D eigenvalue weighted by Crippen LogP contribution is 2.41. The Morgan fingerprint density at radius 1 is 1.64 bits per heavy atom. The topological polar surface area (TPSA) is 50.2 Å². The first-order chi connectivity index (χ1) is 6.77. The van der Waals surface area contributed by atoms with Crippen LogP contribution in [-0.4, -0.2) is 16.1 Å². The molecule has 2 atom stereocenters. The number of pyridine rings is 1. The zero-order chi connectivity index (χ0) is 9.97. The Labute approximate surface area is 82.8 Å². The maximum atomic E-state index is 10.6. The van der Waals surface area contributed by atoms with Crippen molar-refractivity contribution in [1.29, 1.82) is 0 Å². The molecule has 3 heteroatoms. The van der Waals surface area contributed by atoms with E-state index in [4.69, 9.17) is 5.11 Å². The predicted molar refractivity (Wildman–Crippen MR) is 51.8 cm³/mol. The molecule has 2 unspecified atom stereocenters. The summed E-state index contributed by atoms with van der Waals surface area (Å²) in [5.41, 5.74) is 1.20. The molecule has 1 aromatic heterocycles. The smallest absolute Gasteiger partial charge is 0.306 e. The van der Waals surface area contributed by atoms with Crippen molar-refractivity contribution in [2.45, 2.75) is 19.3 Å². The maximum Gasteiger partial charge on any atom is 0.306 e. The van der Waals surface area contributed by atoms with E-state index in [1.54, 1.807) is 6.20 Å². The number of aromatic nitrogens is 1. The fourth-order valence-electron chi connectivity index (χ4n) is 1.77. The number of hydrogen-bond donors (Lipinski definition) is 1. The molecule has 2 rings (SSSR count). The molecular weight excluding hydrogens is 178 g/mol. The summed E-state index contributed by atoms with van der Waals surface area (Å²) in [6.07, 6.45) is 6.37. The summed E-state index contributed by atoms with van der Waals surface area (Å²) >= 11 is 0. The van der Waals surface area contributed by atoms with Gasteiger partial charge >= 0.3 is 5.97 Å². The molecule has 0 saturated heterocycles. The lowest BCUT2D eigenvalue weighted by Crippen LogP contribution is -2.00. The van der Waals surface area contributed by atoms with Crippen molar-refractivity contribution < 1.29 is 9.90 Å². The van der Waals surface area contributed by atoms with Gasteiger partial charge in [-0.3, -0.25) is 9.78 Å². The normalized spacial score (nSPS) is 24.6. The Balaban J connectivity index is 1.77. The molecule has 0 aliphatic heterocycles. The quantitative estimate of drug-likeness (QED) is 0.788. The molecule has 1 heterocycles. The van der Waals surface area contributed by atoms with Crippen LogP contribution in [-0.2, 0) is 11.2 Å². The van der Waals surface area contributed by atoms with Crippen molar-refractivity contribution >= 4 is 5.97 Å². The molecular formula is C11H13NO2. The van der Waals surface area contributed by atoms with Crippen LogP contribution in [0, 0.1) is 11.8 Å². The van der Waals surface area contributed by atoms with Crippen LogP contribution in [0.4, 0.5) is 0 Å². The highest BCUT2D eigenvalue weighted by atomic mass is 16.4. The van der Waals surface area contributed by atoms with E-state index in [0.717, 1.165) is 19.3 Å². The summed E-state index contributed by atoms with van der Waals surface area (Å²) < 4.78 is 0. The predicted octanol–water partition coefficient (Wildman–Crippen LogP) is 1.73. The van der Waals surface area contributed by atoms with E-state index in [9.17, 15) is 4.79 Å². The van der Waals surface area contributed by atoms with Gasteiger partial charge in [0, 0.05) is 12.4 Å². The molecule has 0 aromatic carbocycles. The molecule has 0 bridgehead atoms. The monoisotopic (exact) mass is 191 g/mol. The number of carbonyl (C=O) groups is 1. The van der Waals surface area contributed by atoms with Crippen LogP contribution < -0.4 is 0 Å². The first-order valence-corrected chi connectivity index (χ1v) is 4.89. The summed E-state index contributed by atoms with van der Waals surface area (Å²) in [6, 6.07) is 3.95. The first-order valence-electron chi connectivity index (χ1n) is 4.89. The largest absolute Gasteiger partial charge is 0.481 e. The summed E-state index contributed by atoms with van der Waals surface area (Å²) in [5, 5.41) is 8.71. The van der Waals surface area contributed by atoms with Crippen LogP contribution in [0.1, 0.15) is 18.4 Å². The number of carboxylic acid groups (broad SMARTS) is 1. The molecule has 1 saturated carbocycles. The number of aliphatic carboxylic acids is 1. The third kappa shape index (κ3) is 2.10. The minimum atomic E-state index is -0.638. The highest BCUT2D eigenvalue weighted by molar-refractivity contribution is 5.73. The molecule has 0 radical (unpaired) electrons. The van der Waals surface area contributed by atoms with Crippen LogP contribution in [0.5, 0.6) is 0 Å². The molecule has 0 amide bonds. The second-order valence-corrected chi connectivity index (χ2v) is 3.84. The second kappa shape index (κ2) is 3.78. The maximum absolute atomic E-state index is 10.6. The Kier molecular flexibility index (Phi) is 2.48. The third-order valence-corrected chi connectivity index (χ3v) is 2.77. The zero-order valence-electron chi connectivity index (χ0n) is 7.89. The second-order valence-electron chi connectivity index (χ2n) is 3.84. The van der Waals surface area contributed by atoms with E-state index in [2.05, 4.69) is 4.98 Å². The summed E-state index contributed by atoms with van der Waals surface area (Å²) in [6.45, 7) is 0. The fraction of sp³-hybridized carbons (Fsp3) is 0.455. The Morgan fingerprint density at radius 3 is 3.07 bits per heavy atom. The van der Waals surface area contributed by atoms with Crippen molar-refractivity contribution in [3.63, 3.8) is 0 Å². The molecule has 74 valence electrons. The van der Waals surface area contributed by atoms with E-state index < -0.39 is 5.97 Å². The summed E-state index contributed by atoms with van der Waals surface area (Å²) in [7, 11) is 0. The SMILES string of the molecule is O=C(O)C1CC1CCc1cccnc1. The Hall–Kier alpha value is -1.38. The van der Waals surface area contributed by atoms with Crippen LogP contribution in [0.15, 0.2) is 24.5 Å². The first kappa shape index (κ1) is 9.19. The number of aryl methyl sites for hydroxylation is 1. The molecule has 0 spiro atoms. The van der Waals surface area contributed by atoms with Crippen LogP contribution in [0.25, 0.3) is 0 Å². The van der Waals surface area contributed by atoms with Crippen molar-refractivity contribution in [2.75, 3.05) is 0 Å². The van der Waals surface area contributed by atoms with Gasteiger partial charge in [-0.05, 0) is 36.8 Å². The van der Waals surface area contributed by atoms with Gasteiger partial charge in [0.25, 0.3) is 0 Å². The average Bonchev–Trinajstić information content (AvgIpc) is 2.96. The van der Waals surface area contributed by atoms with Gasteiger partial charge in [0.15, 0.2) is 0 Å². The van der Waals surface area contributed by atoms with E-state index in [1.807, 2.05) is 18.3 Å². The van der Waals surface area contributed by atoms with E-state index >= 15 is 0 Å². The lowest BCUT2D eigenvalue weighted by Gasteiger charge is -1.98. The standard InChI is InChI=1S/C11H13NO2/c13-11(14)10-6-9(10)4-3-8-2-1-5-12-7-8/h1-2,5,7,9-10H,3-4,6H2,(H,13,14). The summed E-state index contributed by atoms with van der Waals surface area (Å²) in [4.78, 5) is 14.6. The molecule has 1 aliphatic rings. The minimum absolute atomic E-state index is 0.0772. The molecule has 14 heavy (non-hydrogen) atoms. The number of hydrogen-bond acceptors (Lipinski definition) is 2. The number of nitrogens with zero attached hydrogens (tertiary/aromatic N) is 1. The lowest BCUT2D eigenvalue weighted by molar-refractivity contribution is -0.138. The molecule has 1 aliphatic carbocycles. The molecule has 1 N–H and O–H groups in total. The van der Waals surface area contributed by atoms with E-state index in [-0.39, 0.29) is 5.92 Å². The highest BCUT2D eigenvalue weighted by Gasteiger charge is 2.42. The van der Waals surface area contributed by atoms with Crippen molar-refractivity contribution in [3.05, 3.63) is 30.1 Å². The van der Waals surface area contributed by atoms with Crippen LogP contribution in [0.2, 0.25) is 0 Å². The number of rotatable bonds is 4. The molecule has 1 fully saturated rings. The number of carboxylic acids is 1. The van der Waals surface area contributed by atoms with E-state index in [1.165, 1.54) is 5.56 Å². The third-order valence-electron chi connectivity index (χ3n) is 2.77. The van der Waals surface area contributed by atoms with Crippen molar-refractivity contribution in [3.8, 4) is 0 Å². The van der Waals surface area contributed by atoms with Gasteiger partial charge < -0.3 is 5.11 Å². The van der Waals surface area contributed by atoms with Crippen LogP contribution >= 0.6 is 0 Å². The van der Waals surface area contributed by atoms with Gasteiger partial charge in [-0.25, -0.2) is 0 Å². The van der Waals surface area contributed by atoms with Gasteiger partial charge in [0.1, 0.15) is 0 Å². The van der Waals surface area contributed by atoms with Gasteiger partial charge in [-0.15, -0.1) is 0 Å². The Bertz CT molecular complexity index is 323. The van der Waals surface area contributed by atoms with Crippen LogP contribution in [0.3, 0.4) is 0 Å². The molecule has 1 aromatic rings. The van der Waals surface area contributed by atoms with Gasteiger partial charge in [-0.1, -0.05) is 6.07 Å². The minimum Gasteiger partial charge on any atom is -0.481 e. The molecule has 3 nitrogen and oxygen atoms in total. The van der Waals surface area contributed by atoms with Crippen molar-refractivity contribution in [2.24, 2.45) is 11.8 Å². The van der Waals surface area contributed by atoms with Crippen molar-refractivity contribution in [1.82, 2.24) is 4.98 Å². The zero-order valence-corrected chi connectivity index (χ0v) is 7.89. The van der Waals surface area contributed by atoms with Gasteiger partial charge in [-0.2, -0.15) is 0 Å². The van der Waals surface area contributed by atoms with Gasteiger partial charge in [0.05, 0.1) is 5.92 Å². The fourth-order valence-corrected chi connectivity index (χ4v) is 1.77. The average molecular weight is 191 g/mol. The lowest BCUT2D eigenvalue weighted by atomic mass is 10.1. The summed E-state index contributed by atoms with van der Waals surface area (Å²) in [5.74, 6) is -0.319. The Morgan fingerprint density at radius 2 is 2.50 bits per heavy atom. The van der Waals surface area contributed by atoms with Gasteiger partial charge in [0.2, 0.25) is 0 Å². The van der Waals surface area contributed by atoms with E-state index in [0.29, 0.717) is 5.92 Å².